The van der Waals surface area contributed by atoms with Crippen molar-refractivity contribution in [2.24, 2.45) is 0 Å². The van der Waals surface area contributed by atoms with Gasteiger partial charge >= 0.3 is 0 Å². The third-order valence-corrected chi connectivity index (χ3v) is 5.11. The van der Waals surface area contributed by atoms with Gasteiger partial charge in [-0.3, -0.25) is 4.31 Å². The van der Waals surface area contributed by atoms with Gasteiger partial charge in [0.2, 0.25) is 10.0 Å². The first-order chi connectivity index (χ1) is 8.03. The second kappa shape index (κ2) is 4.56. The van der Waals surface area contributed by atoms with Crippen molar-refractivity contribution in [1.29, 1.82) is 0 Å². The van der Waals surface area contributed by atoms with Crippen LogP contribution in [0.1, 0.15) is 20.3 Å². The van der Waals surface area contributed by atoms with Gasteiger partial charge in [-0.2, -0.15) is 0 Å². The first-order valence-electron chi connectivity index (χ1n) is 5.88. The van der Waals surface area contributed by atoms with Crippen LogP contribution in [0.2, 0.25) is 0 Å². The smallest absolute Gasteiger partial charge is 0.237 e. The molecule has 2 rings (SSSR count). The Morgan fingerprint density at radius 1 is 1.29 bits per heavy atom. The molecule has 0 atom stereocenters. The molecule has 0 radical (unpaired) electrons. The third kappa shape index (κ3) is 2.24. The molecule has 1 aromatic carbocycles. The quantitative estimate of drug-likeness (QED) is 0.878. The van der Waals surface area contributed by atoms with Crippen molar-refractivity contribution in [3.63, 3.8) is 0 Å². The number of nitrogens with one attached hydrogen (secondary N) is 1. The van der Waals surface area contributed by atoms with E-state index in [2.05, 4.69) is 5.32 Å². The second-order valence-electron chi connectivity index (χ2n) is 4.46. The molecule has 5 heteroatoms. The summed E-state index contributed by atoms with van der Waals surface area (Å²) < 4.78 is 26.1. The Hall–Kier alpha value is -1.23. The zero-order valence-corrected chi connectivity index (χ0v) is 11.0. The summed E-state index contributed by atoms with van der Waals surface area (Å²) in [6.45, 7) is 4.79. The number of para-hydroxylation sites is 2. The minimum Gasteiger partial charge on any atom is -0.383 e. The van der Waals surface area contributed by atoms with Crippen molar-refractivity contribution in [3.8, 4) is 0 Å². The standard InChI is InChI=1S/C12H18N2O2S/c1-10(2)17(15,16)14-9-5-8-13-11-6-3-4-7-12(11)14/h3-4,6-7,10,13H,5,8-9H2,1-2H3. The molecular formula is C12H18N2O2S. The molecule has 1 aromatic rings. The molecule has 0 bridgehead atoms. The number of rotatable bonds is 2. The number of hydrogen-bond donors (Lipinski definition) is 1. The summed E-state index contributed by atoms with van der Waals surface area (Å²) >= 11 is 0. The summed E-state index contributed by atoms with van der Waals surface area (Å²) in [5.41, 5.74) is 1.66. The summed E-state index contributed by atoms with van der Waals surface area (Å²) in [6.07, 6.45) is 0.820. The van der Waals surface area contributed by atoms with E-state index in [1.807, 2.05) is 24.3 Å². The zero-order valence-electron chi connectivity index (χ0n) is 10.2. The number of anilines is 2. The van der Waals surface area contributed by atoms with Crippen LogP contribution in [0, 0.1) is 0 Å². The van der Waals surface area contributed by atoms with Crippen LogP contribution in [-0.4, -0.2) is 26.8 Å². The van der Waals surface area contributed by atoms with Crippen LogP contribution in [0.4, 0.5) is 11.4 Å². The van der Waals surface area contributed by atoms with E-state index >= 15 is 0 Å². The van der Waals surface area contributed by atoms with Crippen molar-refractivity contribution in [1.82, 2.24) is 0 Å². The molecule has 0 unspecified atom stereocenters. The van der Waals surface area contributed by atoms with Crippen LogP contribution in [0.3, 0.4) is 0 Å². The normalized spacial score (nSPS) is 16.3. The van der Waals surface area contributed by atoms with E-state index in [0.717, 1.165) is 24.3 Å². The molecule has 1 N–H and O–H groups in total. The van der Waals surface area contributed by atoms with Gasteiger partial charge in [-0.05, 0) is 32.4 Å². The van der Waals surface area contributed by atoms with Gasteiger partial charge in [0.25, 0.3) is 0 Å². The summed E-state index contributed by atoms with van der Waals surface area (Å²) in [7, 11) is -3.24. The van der Waals surface area contributed by atoms with E-state index in [9.17, 15) is 8.42 Å². The van der Waals surface area contributed by atoms with E-state index in [4.69, 9.17) is 0 Å². The van der Waals surface area contributed by atoms with E-state index in [1.165, 1.54) is 4.31 Å². The molecule has 0 saturated heterocycles. The van der Waals surface area contributed by atoms with Gasteiger partial charge in [0, 0.05) is 13.1 Å². The van der Waals surface area contributed by atoms with Crippen molar-refractivity contribution >= 4 is 21.4 Å². The fraction of sp³-hybridized carbons (Fsp3) is 0.500. The van der Waals surface area contributed by atoms with Crippen molar-refractivity contribution in [3.05, 3.63) is 24.3 Å². The molecule has 1 aliphatic rings. The van der Waals surface area contributed by atoms with Crippen molar-refractivity contribution in [2.75, 3.05) is 22.7 Å². The maximum Gasteiger partial charge on any atom is 0.237 e. The van der Waals surface area contributed by atoms with Gasteiger partial charge in [-0.25, -0.2) is 8.42 Å². The summed E-state index contributed by atoms with van der Waals surface area (Å²) in [6, 6.07) is 7.56. The molecule has 1 heterocycles. The van der Waals surface area contributed by atoms with Gasteiger partial charge in [0.1, 0.15) is 0 Å². The van der Waals surface area contributed by atoms with E-state index in [-0.39, 0.29) is 0 Å². The lowest BCUT2D eigenvalue weighted by Crippen LogP contribution is -2.36. The van der Waals surface area contributed by atoms with Crippen LogP contribution < -0.4 is 9.62 Å². The second-order valence-corrected chi connectivity index (χ2v) is 6.88. The number of hydrogen-bond acceptors (Lipinski definition) is 3. The molecule has 0 aliphatic carbocycles. The van der Waals surface area contributed by atoms with Gasteiger partial charge in [-0.1, -0.05) is 12.1 Å². The molecule has 94 valence electrons. The Kier molecular flexibility index (Phi) is 3.28. The van der Waals surface area contributed by atoms with Gasteiger partial charge in [0.05, 0.1) is 16.6 Å². The zero-order chi connectivity index (χ0) is 12.5. The topological polar surface area (TPSA) is 49.4 Å². The summed E-state index contributed by atoms with van der Waals surface area (Å²) in [5.74, 6) is 0. The minimum absolute atomic E-state index is 0.395. The highest BCUT2D eigenvalue weighted by Gasteiger charge is 2.28. The molecule has 4 nitrogen and oxygen atoms in total. The number of benzene rings is 1. The monoisotopic (exact) mass is 254 g/mol. The highest BCUT2D eigenvalue weighted by Crippen LogP contribution is 2.31. The molecule has 1 aliphatic heterocycles. The Bertz CT molecular complexity index is 497. The average Bonchev–Trinajstić information content (AvgIpc) is 2.51. The highest BCUT2D eigenvalue weighted by molar-refractivity contribution is 7.93. The Balaban J connectivity index is 2.49. The van der Waals surface area contributed by atoms with Crippen LogP contribution in [0.5, 0.6) is 0 Å². The Morgan fingerprint density at radius 3 is 2.71 bits per heavy atom. The summed E-state index contributed by atoms with van der Waals surface area (Å²) in [4.78, 5) is 0. The van der Waals surface area contributed by atoms with Gasteiger partial charge < -0.3 is 5.32 Å². The van der Waals surface area contributed by atoms with Gasteiger partial charge in [0.15, 0.2) is 0 Å². The summed E-state index contributed by atoms with van der Waals surface area (Å²) in [5, 5.41) is 2.87. The molecule has 0 aromatic heterocycles. The SMILES string of the molecule is CC(C)S(=O)(=O)N1CCCNc2ccccc21. The lowest BCUT2D eigenvalue weighted by atomic mass is 10.2. The third-order valence-electron chi connectivity index (χ3n) is 2.93. The predicted octanol–water partition coefficient (Wildman–Crippen LogP) is 2.05. The van der Waals surface area contributed by atoms with Crippen molar-refractivity contribution in [2.45, 2.75) is 25.5 Å². The average molecular weight is 254 g/mol. The number of sulfonamides is 1. The van der Waals surface area contributed by atoms with Crippen molar-refractivity contribution < 1.29 is 8.42 Å². The molecule has 0 saturated carbocycles. The first kappa shape index (κ1) is 12.2. The fourth-order valence-electron chi connectivity index (χ4n) is 1.93. The van der Waals surface area contributed by atoms with Crippen LogP contribution in [0.15, 0.2) is 24.3 Å². The van der Waals surface area contributed by atoms with E-state index < -0.39 is 15.3 Å². The first-order valence-corrected chi connectivity index (χ1v) is 7.38. The largest absolute Gasteiger partial charge is 0.383 e. The Morgan fingerprint density at radius 2 is 2.00 bits per heavy atom. The Labute approximate surface area is 103 Å². The molecular weight excluding hydrogens is 236 g/mol. The predicted molar refractivity (Wildman–Crippen MR) is 71.0 cm³/mol. The molecule has 0 amide bonds. The highest BCUT2D eigenvalue weighted by atomic mass is 32.2. The number of nitrogens with zero attached hydrogens (tertiary/aromatic N) is 1. The van der Waals surface area contributed by atoms with Crippen LogP contribution in [0.25, 0.3) is 0 Å². The maximum atomic E-state index is 12.3. The fourth-order valence-corrected chi connectivity index (χ4v) is 3.25. The maximum absolute atomic E-state index is 12.3. The van der Waals surface area contributed by atoms with E-state index in [0.29, 0.717) is 6.54 Å². The molecule has 17 heavy (non-hydrogen) atoms. The minimum atomic E-state index is -3.24. The lowest BCUT2D eigenvalue weighted by Gasteiger charge is -2.25. The van der Waals surface area contributed by atoms with Crippen LogP contribution in [-0.2, 0) is 10.0 Å². The van der Waals surface area contributed by atoms with Gasteiger partial charge in [-0.15, -0.1) is 0 Å². The molecule has 0 fully saturated rings. The van der Waals surface area contributed by atoms with Crippen LogP contribution >= 0.6 is 0 Å². The van der Waals surface area contributed by atoms with E-state index in [1.54, 1.807) is 13.8 Å². The molecule has 0 spiro atoms. The lowest BCUT2D eigenvalue weighted by molar-refractivity contribution is 0.581. The number of fused-ring (bicyclic) bond motifs is 1.